The van der Waals surface area contributed by atoms with Crippen molar-refractivity contribution >= 4 is 5.69 Å². The first-order chi connectivity index (χ1) is 8.92. The molecular weight excluding hydrogens is 230 g/mol. The maximum Gasteiger partial charge on any atom is 0.204 e. The number of H-pyrrole nitrogens is 2. The molecule has 2 heterocycles. The van der Waals surface area contributed by atoms with E-state index >= 15 is 0 Å². The number of tetrazole rings is 1. The van der Waals surface area contributed by atoms with Gasteiger partial charge in [0.15, 0.2) is 0 Å². The number of anilines is 1. The van der Waals surface area contributed by atoms with Crippen LogP contribution in [0, 0.1) is 0 Å². The van der Waals surface area contributed by atoms with Gasteiger partial charge in [0.25, 0.3) is 0 Å². The molecule has 7 heteroatoms. The molecule has 3 N–H and O–H groups in total. The summed E-state index contributed by atoms with van der Waals surface area (Å²) in [5.41, 5.74) is 2.94. The third-order valence-corrected chi connectivity index (χ3v) is 2.51. The van der Waals surface area contributed by atoms with Crippen LogP contribution in [0.4, 0.5) is 5.69 Å². The summed E-state index contributed by atoms with van der Waals surface area (Å²) < 4.78 is 0. The molecule has 90 valence electrons. The van der Waals surface area contributed by atoms with E-state index < -0.39 is 0 Å². The number of hydrogen-bond donors (Lipinski definition) is 3. The van der Waals surface area contributed by atoms with Crippen LogP contribution in [0.15, 0.2) is 36.5 Å². The van der Waals surface area contributed by atoms with E-state index in [1.165, 1.54) is 0 Å². The monoisotopic (exact) mass is 241 g/mol. The minimum Gasteiger partial charge on any atom is -0.379 e. The summed E-state index contributed by atoms with van der Waals surface area (Å²) in [5.74, 6) is 0.584. The van der Waals surface area contributed by atoms with Gasteiger partial charge in [0.2, 0.25) is 5.82 Å². The molecule has 0 atom stereocenters. The fourth-order valence-electron chi connectivity index (χ4n) is 1.63. The second-order valence-corrected chi connectivity index (χ2v) is 3.75. The first kappa shape index (κ1) is 10.5. The van der Waals surface area contributed by atoms with Crippen molar-refractivity contribution in [3.05, 3.63) is 42.2 Å². The van der Waals surface area contributed by atoms with Gasteiger partial charge >= 0.3 is 0 Å². The molecule has 0 aliphatic rings. The number of nitrogens with zero attached hydrogens (tertiary/aromatic N) is 4. The van der Waals surface area contributed by atoms with Crippen molar-refractivity contribution in [2.45, 2.75) is 6.54 Å². The van der Waals surface area contributed by atoms with E-state index in [0.29, 0.717) is 12.4 Å². The smallest absolute Gasteiger partial charge is 0.204 e. The fraction of sp³-hybridized carbons (Fsp3) is 0.0909. The van der Waals surface area contributed by atoms with Gasteiger partial charge in [0, 0.05) is 17.4 Å². The SMILES string of the molecule is c1cc(NCc2ccn[nH]2)cc(-c2nn[nH]n2)c1. The summed E-state index contributed by atoms with van der Waals surface area (Å²) in [4.78, 5) is 0. The molecule has 7 nitrogen and oxygen atoms in total. The van der Waals surface area contributed by atoms with Crippen molar-refractivity contribution < 1.29 is 0 Å². The highest BCUT2D eigenvalue weighted by Crippen LogP contribution is 2.18. The van der Waals surface area contributed by atoms with E-state index in [1.807, 2.05) is 30.3 Å². The van der Waals surface area contributed by atoms with Gasteiger partial charge in [-0.2, -0.15) is 10.3 Å². The molecule has 0 unspecified atom stereocenters. The van der Waals surface area contributed by atoms with E-state index in [-0.39, 0.29) is 0 Å². The minimum absolute atomic E-state index is 0.584. The number of rotatable bonds is 4. The van der Waals surface area contributed by atoms with Gasteiger partial charge in [-0.25, -0.2) is 0 Å². The number of hydrogen-bond acceptors (Lipinski definition) is 5. The molecule has 0 fully saturated rings. The van der Waals surface area contributed by atoms with Gasteiger partial charge in [0.1, 0.15) is 0 Å². The Morgan fingerprint density at radius 2 is 2.22 bits per heavy atom. The minimum atomic E-state index is 0.584. The average Bonchev–Trinajstić information content (AvgIpc) is 3.10. The molecule has 0 radical (unpaired) electrons. The largest absolute Gasteiger partial charge is 0.379 e. The van der Waals surface area contributed by atoms with Crippen molar-refractivity contribution in [3.63, 3.8) is 0 Å². The highest BCUT2D eigenvalue weighted by atomic mass is 15.5. The highest BCUT2D eigenvalue weighted by Gasteiger charge is 2.03. The summed E-state index contributed by atoms with van der Waals surface area (Å²) in [7, 11) is 0. The molecule has 1 aromatic carbocycles. The van der Waals surface area contributed by atoms with Crippen LogP contribution in [0.1, 0.15) is 5.69 Å². The van der Waals surface area contributed by atoms with Crippen LogP contribution in [-0.4, -0.2) is 30.8 Å². The number of nitrogens with one attached hydrogen (secondary N) is 3. The summed E-state index contributed by atoms with van der Waals surface area (Å²) in [6.07, 6.45) is 1.73. The Morgan fingerprint density at radius 3 is 3.00 bits per heavy atom. The summed E-state index contributed by atoms with van der Waals surface area (Å²) in [6.45, 7) is 0.690. The van der Waals surface area contributed by atoms with Crippen molar-refractivity contribution in [3.8, 4) is 11.4 Å². The van der Waals surface area contributed by atoms with E-state index in [4.69, 9.17) is 0 Å². The first-order valence-corrected chi connectivity index (χ1v) is 5.48. The predicted octanol–water partition coefficient (Wildman–Crippen LogP) is 1.20. The Hall–Kier alpha value is -2.70. The van der Waals surface area contributed by atoms with Gasteiger partial charge in [-0.3, -0.25) is 5.10 Å². The molecule has 0 amide bonds. The van der Waals surface area contributed by atoms with Crippen LogP contribution < -0.4 is 5.32 Å². The summed E-state index contributed by atoms with van der Waals surface area (Å²) in [6, 6.07) is 9.77. The predicted molar refractivity (Wildman–Crippen MR) is 65.5 cm³/mol. The van der Waals surface area contributed by atoms with Crippen molar-refractivity contribution in [1.29, 1.82) is 0 Å². The molecular formula is C11H11N7. The third kappa shape index (κ3) is 2.19. The Balaban J connectivity index is 1.75. The number of benzene rings is 1. The van der Waals surface area contributed by atoms with Crippen LogP contribution in [0.5, 0.6) is 0 Å². The maximum atomic E-state index is 3.95. The molecule has 18 heavy (non-hydrogen) atoms. The summed E-state index contributed by atoms with van der Waals surface area (Å²) >= 11 is 0. The molecule has 0 saturated carbocycles. The Kier molecular flexibility index (Phi) is 2.71. The topological polar surface area (TPSA) is 95.2 Å². The number of aromatic amines is 2. The Bertz CT molecular complexity index is 600. The van der Waals surface area contributed by atoms with E-state index in [9.17, 15) is 0 Å². The Morgan fingerprint density at radius 1 is 1.22 bits per heavy atom. The lowest BCUT2D eigenvalue weighted by Gasteiger charge is -2.05. The van der Waals surface area contributed by atoms with Crippen molar-refractivity contribution in [1.82, 2.24) is 30.8 Å². The lowest BCUT2D eigenvalue weighted by Crippen LogP contribution is -1.99. The van der Waals surface area contributed by atoms with Crippen LogP contribution in [0.2, 0.25) is 0 Å². The highest BCUT2D eigenvalue weighted by molar-refractivity contribution is 5.61. The third-order valence-electron chi connectivity index (χ3n) is 2.51. The van der Waals surface area contributed by atoms with Crippen molar-refractivity contribution in [2.75, 3.05) is 5.32 Å². The average molecular weight is 241 g/mol. The van der Waals surface area contributed by atoms with E-state index in [2.05, 4.69) is 36.1 Å². The van der Waals surface area contributed by atoms with Gasteiger partial charge < -0.3 is 5.32 Å². The lowest BCUT2D eigenvalue weighted by atomic mass is 10.2. The Labute approximate surface area is 103 Å². The molecule has 0 spiro atoms. The van der Waals surface area contributed by atoms with Gasteiger partial charge in [-0.05, 0) is 23.4 Å². The zero-order chi connectivity index (χ0) is 12.2. The molecule has 0 saturated heterocycles. The first-order valence-electron chi connectivity index (χ1n) is 5.48. The summed E-state index contributed by atoms with van der Waals surface area (Å²) in [5, 5.41) is 24.0. The molecule has 0 bridgehead atoms. The van der Waals surface area contributed by atoms with E-state index in [1.54, 1.807) is 6.20 Å². The second kappa shape index (κ2) is 4.66. The van der Waals surface area contributed by atoms with Crippen LogP contribution in [-0.2, 0) is 6.54 Å². The molecule has 2 aromatic heterocycles. The zero-order valence-electron chi connectivity index (χ0n) is 9.46. The van der Waals surface area contributed by atoms with Crippen LogP contribution in [0.3, 0.4) is 0 Å². The van der Waals surface area contributed by atoms with Gasteiger partial charge in [0.05, 0.1) is 12.2 Å². The van der Waals surface area contributed by atoms with Crippen LogP contribution >= 0.6 is 0 Å². The normalized spacial score (nSPS) is 10.4. The van der Waals surface area contributed by atoms with Crippen LogP contribution in [0.25, 0.3) is 11.4 Å². The number of aromatic nitrogens is 6. The maximum absolute atomic E-state index is 3.95. The second-order valence-electron chi connectivity index (χ2n) is 3.75. The fourth-order valence-corrected chi connectivity index (χ4v) is 1.63. The standard InChI is InChI=1S/C11H11N7/c1-2-8(11-15-17-18-16-11)6-9(3-1)12-7-10-4-5-13-14-10/h1-6,12H,7H2,(H,13,14)(H,15,16,17,18). The van der Waals surface area contributed by atoms with Crippen molar-refractivity contribution in [2.24, 2.45) is 0 Å². The molecule has 3 aromatic rings. The zero-order valence-corrected chi connectivity index (χ0v) is 9.46. The van der Waals surface area contributed by atoms with Gasteiger partial charge in [-0.1, -0.05) is 12.1 Å². The lowest BCUT2D eigenvalue weighted by molar-refractivity contribution is 0.881. The van der Waals surface area contributed by atoms with Gasteiger partial charge in [-0.15, -0.1) is 10.2 Å². The van der Waals surface area contributed by atoms with E-state index in [0.717, 1.165) is 16.9 Å². The molecule has 0 aliphatic heterocycles. The molecule has 3 rings (SSSR count). The quantitative estimate of drug-likeness (QED) is 0.638. The molecule has 0 aliphatic carbocycles.